The van der Waals surface area contributed by atoms with Gasteiger partial charge in [-0.1, -0.05) is 72.3 Å². The number of piperazine rings is 1. The fraction of sp³-hybridized carbons (Fsp3) is 0.222. The van der Waals surface area contributed by atoms with Gasteiger partial charge in [0.05, 0.1) is 6.04 Å². The Balaban J connectivity index is 1.36. The van der Waals surface area contributed by atoms with Crippen molar-refractivity contribution in [3.8, 4) is 0 Å². The smallest absolute Gasteiger partial charge is 0.272 e. The molecule has 1 amide bonds. The molecule has 1 aliphatic rings. The molecule has 34 heavy (non-hydrogen) atoms. The van der Waals surface area contributed by atoms with Crippen LogP contribution in [-0.4, -0.2) is 42.3 Å². The molecular weight excluding hydrogens is 446 g/mol. The minimum atomic E-state index is -0.225. The molecule has 1 aromatic heterocycles. The summed E-state index contributed by atoms with van der Waals surface area (Å²) in [5, 5.41) is 14.4. The Morgan fingerprint density at radius 1 is 0.853 bits per heavy atom. The number of aromatic nitrogens is 2. The summed E-state index contributed by atoms with van der Waals surface area (Å²) in [6.45, 7) is 5.29. The molecule has 1 atom stereocenters. The first-order valence-electron chi connectivity index (χ1n) is 11.5. The average Bonchev–Trinajstić information content (AvgIpc) is 2.88. The highest BCUT2D eigenvalue weighted by molar-refractivity contribution is 6.30. The van der Waals surface area contributed by atoms with Crippen molar-refractivity contribution in [3.05, 3.63) is 95.1 Å². The maximum absolute atomic E-state index is 13.1. The van der Waals surface area contributed by atoms with Gasteiger partial charge in [-0.3, -0.25) is 4.79 Å². The van der Waals surface area contributed by atoms with Crippen molar-refractivity contribution in [2.24, 2.45) is 0 Å². The minimum absolute atomic E-state index is 0.131. The zero-order valence-corrected chi connectivity index (χ0v) is 19.7. The number of amides is 1. The second-order valence-corrected chi connectivity index (χ2v) is 8.91. The van der Waals surface area contributed by atoms with Gasteiger partial charge in [-0.15, -0.1) is 10.2 Å². The number of nitrogens with zero attached hydrogens (tertiary/aromatic N) is 4. The van der Waals surface area contributed by atoms with Gasteiger partial charge in [0, 0.05) is 47.7 Å². The molecule has 0 spiro atoms. The molecule has 1 N–H and O–H groups in total. The van der Waals surface area contributed by atoms with E-state index in [0.29, 0.717) is 5.69 Å². The molecule has 6 nitrogen and oxygen atoms in total. The molecule has 2 heterocycles. The summed E-state index contributed by atoms with van der Waals surface area (Å²) in [6.07, 6.45) is 0. The lowest BCUT2D eigenvalue weighted by Gasteiger charge is -2.37. The van der Waals surface area contributed by atoms with E-state index in [1.165, 1.54) is 0 Å². The molecule has 0 bridgehead atoms. The standard InChI is InChI=1S/C27H26ClN5O/c1-19(20-8-3-2-4-9-20)29-27(34)25-23-12-5-6-13-24(23)26(31-30-25)33-16-14-32(15-17-33)22-11-7-10-21(28)18-22/h2-13,18-19H,14-17H2,1H3,(H,29,34). The van der Waals surface area contributed by atoms with Gasteiger partial charge >= 0.3 is 0 Å². The predicted molar refractivity (Wildman–Crippen MR) is 138 cm³/mol. The van der Waals surface area contributed by atoms with Crippen LogP contribution in [0.15, 0.2) is 78.9 Å². The Morgan fingerprint density at radius 2 is 1.53 bits per heavy atom. The third-order valence-electron chi connectivity index (χ3n) is 6.28. The third-order valence-corrected chi connectivity index (χ3v) is 6.52. The lowest BCUT2D eigenvalue weighted by molar-refractivity contribution is 0.0935. The van der Waals surface area contributed by atoms with E-state index in [0.717, 1.165) is 59.0 Å². The lowest BCUT2D eigenvalue weighted by atomic mass is 10.1. The highest BCUT2D eigenvalue weighted by Crippen LogP contribution is 2.28. The fourth-order valence-electron chi connectivity index (χ4n) is 4.43. The highest BCUT2D eigenvalue weighted by atomic mass is 35.5. The van der Waals surface area contributed by atoms with Gasteiger partial charge in [-0.2, -0.15) is 0 Å². The summed E-state index contributed by atoms with van der Waals surface area (Å²) in [7, 11) is 0. The summed E-state index contributed by atoms with van der Waals surface area (Å²) < 4.78 is 0. The number of benzene rings is 3. The monoisotopic (exact) mass is 471 g/mol. The van der Waals surface area contributed by atoms with Crippen molar-refractivity contribution < 1.29 is 4.79 Å². The number of fused-ring (bicyclic) bond motifs is 1. The van der Waals surface area contributed by atoms with Crippen LogP contribution >= 0.6 is 11.6 Å². The van der Waals surface area contributed by atoms with Crippen LogP contribution in [-0.2, 0) is 0 Å². The Kier molecular flexibility index (Phi) is 6.32. The summed E-state index contributed by atoms with van der Waals surface area (Å²) in [6, 6.07) is 25.6. The SMILES string of the molecule is CC(NC(=O)c1nnc(N2CCN(c3cccc(Cl)c3)CC2)c2ccccc12)c1ccccc1. The average molecular weight is 472 g/mol. The van der Waals surface area contributed by atoms with Gasteiger partial charge < -0.3 is 15.1 Å². The Bertz CT molecular complexity index is 1300. The Hall–Kier alpha value is -3.64. The minimum Gasteiger partial charge on any atom is -0.368 e. The quantitative estimate of drug-likeness (QED) is 0.438. The van der Waals surface area contributed by atoms with Gasteiger partial charge in [0.15, 0.2) is 11.5 Å². The van der Waals surface area contributed by atoms with Crippen molar-refractivity contribution in [1.29, 1.82) is 0 Å². The number of rotatable bonds is 5. The van der Waals surface area contributed by atoms with E-state index in [2.05, 4.69) is 31.4 Å². The normalized spacial score (nSPS) is 14.8. The van der Waals surface area contributed by atoms with Crippen LogP contribution in [0.2, 0.25) is 5.02 Å². The molecule has 1 aliphatic heterocycles. The van der Waals surface area contributed by atoms with Crippen LogP contribution in [0.5, 0.6) is 0 Å². The molecule has 1 unspecified atom stereocenters. The van der Waals surface area contributed by atoms with Crippen molar-refractivity contribution in [3.63, 3.8) is 0 Å². The molecule has 0 radical (unpaired) electrons. The molecule has 7 heteroatoms. The number of nitrogens with one attached hydrogen (secondary N) is 1. The summed E-state index contributed by atoms with van der Waals surface area (Å²) in [4.78, 5) is 17.7. The molecule has 1 saturated heterocycles. The maximum atomic E-state index is 13.1. The zero-order chi connectivity index (χ0) is 23.5. The number of hydrogen-bond donors (Lipinski definition) is 1. The molecule has 0 aliphatic carbocycles. The first kappa shape index (κ1) is 22.2. The molecule has 4 aromatic rings. The van der Waals surface area contributed by atoms with Gasteiger partial charge in [0.1, 0.15) is 0 Å². The number of carbonyl (C=O) groups excluding carboxylic acids is 1. The van der Waals surface area contributed by atoms with E-state index < -0.39 is 0 Å². The molecule has 1 fully saturated rings. The molecule has 5 rings (SSSR count). The van der Waals surface area contributed by atoms with Gasteiger partial charge in [-0.05, 0) is 30.7 Å². The fourth-order valence-corrected chi connectivity index (χ4v) is 4.61. The van der Waals surface area contributed by atoms with Crippen molar-refractivity contribution >= 4 is 39.8 Å². The van der Waals surface area contributed by atoms with Gasteiger partial charge in [0.25, 0.3) is 5.91 Å². The number of halogens is 1. The van der Waals surface area contributed by atoms with Crippen LogP contribution in [0, 0.1) is 0 Å². The third kappa shape index (κ3) is 4.54. The predicted octanol–water partition coefficient (Wildman–Crippen LogP) is 5.10. The Morgan fingerprint density at radius 3 is 2.26 bits per heavy atom. The van der Waals surface area contributed by atoms with Crippen LogP contribution in [0.1, 0.15) is 29.0 Å². The van der Waals surface area contributed by atoms with Crippen molar-refractivity contribution in [2.75, 3.05) is 36.0 Å². The van der Waals surface area contributed by atoms with Gasteiger partial charge in [-0.25, -0.2) is 0 Å². The molecule has 172 valence electrons. The summed E-state index contributed by atoms with van der Waals surface area (Å²) in [5.41, 5.74) is 2.52. The number of hydrogen-bond acceptors (Lipinski definition) is 5. The van der Waals surface area contributed by atoms with Crippen molar-refractivity contribution in [2.45, 2.75) is 13.0 Å². The van der Waals surface area contributed by atoms with Crippen LogP contribution in [0.3, 0.4) is 0 Å². The highest BCUT2D eigenvalue weighted by Gasteiger charge is 2.23. The molecule has 3 aromatic carbocycles. The van der Waals surface area contributed by atoms with E-state index in [9.17, 15) is 4.79 Å². The van der Waals surface area contributed by atoms with Crippen LogP contribution < -0.4 is 15.1 Å². The Labute approximate surface area is 204 Å². The van der Waals surface area contributed by atoms with Gasteiger partial charge in [0.2, 0.25) is 0 Å². The molecule has 0 saturated carbocycles. The first-order chi connectivity index (χ1) is 16.6. The van der Waals surface area contributed by atoms with Crippen LogP contribution in [0.4, 0.5) is 11.5 Å². The summed E-state index contributed by atoms with van der Waals surface area (Å²) >= 11 is 6.17. The lowest BCUT2D eigenvalue weighted by Crippen LogP contribution is -2.47. The zero-order valence-electron chi connectivity index (χ0n) is 19.0. The van der Waals surface area contributed by atoms with Crippen LogP contribution in [0.25, 0.3) is 10.8 Å². The van der Waals surface area contributed by atoms with E-state index in [-0.39, 0.29) is 11.9 Å². The number of anilines is 2. The largest absolute Gasteiger partial charge is 0.368 e. The first-order valence-corrected chi connectivity index (χ1v) is 11.8. The molecular formula is C27H26ClN5O. The van der Waals surface area contributed by atoms with E-state index >= 15 is 0 Å². The summed E-state index contributed by atoms with van der Waals surface area (Å²) in [5.74, 6) is 0.589. The topological polar surface area (TPSA) is 61.4 Å². The van der Waals surface area contributed by atoms with Crippen molar-refractivity contribution in [1.82, 2.24) is 15.5 Å². The second-order valence-electron chi connectivity index (χ2n) is 8.48. The number of carbonyl (C=O) groups is 1. The maximum Gasteiger partial charge on any atom is 0.272 e. The van der Waals surface area contributed by atoms with E-state index in [4.69, 9.17) is 11.6 Å². The van der Waals surface area contributed by atoms with E-state index in [1.54, 1.807) is 0 Å². The van der Waals surface area contributed by atoms with E-state index in [1.807, 2.05) is 79.7 Å². The second kappa shape index (κ2) is 9.69.